The van der Waals surface area contributed by atoms with Crippen LogP contribution in [-0.4, -0.2) is 52.6 Å². The number of hydrogen-bond acceptors (Lipinski definition) is 8. The third-order valence-electron chi connectivity index (χ3n) is 3.00. The van der Waals surface area contributed by atoms with Gasteiger partial charge >= 0.3 is 0 Å². The van der Waals surface area contributed by atoms with Crippen LogP contribution in [0.3, 0.4) is 0 Å². The van der Waals surface area contributed by atoms with Crippen molar-refractivity contribution in [2.45, 2.75) is 36.7 Å². The van der Waals surface area contributed by atoms with Gasteiger partial charge in [-0.15, -0.1) is 0 Å². The van der Waals surface area contributed by atoms with Gasteiger partial charge in [-0.2, -0.15) is 16.8 Å². The van der Waals surface area contributed by atoms with Gasteiger partial charge in [0.2, 0.25) is 11.6 Å². The van der Waals surface area contributed by atoms with Crippen LogP contribution in [0.5, 0.6) is 0 Å². The van der Waals surface area contributed by atoms with Crippen molar-refractivity contribution in [3.63, 3.8) is 0 Å². The summed E-state index contributed by atoms with van der Waals surface area (Å²) in [4.78, 5) is 23.6. The highest BCUT2D eigenvalue weighted by atomic mass is 32.2. The fourth-order valence-corrected chi connectivity index (χ4v) is 4.11. The van der Waals surface area contributed by atoms with E-state index >= 15 is 0 Å². The molecule has 1 aliphatic rings. The van der Waals surface area contributed by atoms with E-state index in [-0.39, 0.29) is 19.4 Å². The van der Waals surface area contributed by atoms with Crippen molar-refractivity contribution in [1.82, 2.24) is 0 Å². The Bertz CT molecular complexity index is 708. The third kappa shape index (κ3) is 4.36. The Morgan fingerprint density at radius 2 is 2.00 bits per heavy atom. The van der Waals surface area contributed by atoms with Crippen LogP contribution >= 0.6 is 0 Å². The van der Waals surface area contributed by atoms with Gasteiger partial charge in [0.15, 0.2) is 10.5 Å². The van der Waals surface area contributed by atoms with Gasteiger partial charge in [-0.1, -0.05) is 13.3 Å². The van der Waals surface area contributed by atoms with Crippen molar-refractivity contribution >= 4 is 31.8 Å². The minimum atomic E-state index is -4.12. The first-order valence-corrected chi connectivity index (χ1v) is 9.37. The van der Waals surface area contributed by atoms with E-state index in [9.17, 15) is 26.4 Å². The molecule has 10 heteroatoms. The zero-order chi connectivity index (χ0) is 17.0. The molecule has 0 radical (unpaired) electrons. The molecule has 0 aliphatic carbocycles. The Balaban J connectivity index is 2.94. The highest BCUT2D eigenvalue weighted by Gasteiger charge is 2.38. The number of carbonyl (C=O) groups is 2. The molecule has 0 aromatic carbocycles. The van der Waals surface area contributed by atoms with Crippen LogP contribution in [0.1, 0.15) is 26.2 Å². The van der Waals surface area contributed by atoms with Crippen LogP contribution in [0.15, 0.2) is 0 Å². The first kappa shape index (κ1) is 18.8. The second kappa shape index (κ2) is 7.32. The highest BCUT2D eigenvalue weighted by Crippen LogP contribution is 2.18. The molecule has 22 heavy (non-hydrogen) atoms. The molecule has 2 atom stereocenters. The molecule has 2 unspecified atom stereocenters. The Morgan fingerprint density at radius 3 is 2.45 bits per heavy atom. The SMILES string of the molecule is CCCC(C(=O)C#CC(=O)C1CCOS1(=O)=O)S(=O)(=O)OC. The summed E-state index contributed by atoms with van der Waals surface area (Å²) < 4.78 is 54.7. The Hall–Kier alpha value is -1.28. The molecule has 0 spiro atoms. The monoisotopic (exact) mass is 352 g/mol. The fourth-order valence-electron chi connectivity index (χ4n) is 1.83. The average molecular weight is 352 g/mol. The van der Waals surface area contributed by atoms with Gasteiger partial charge < -0.3 is 0 Å². The van der Waals surface area contributed by atoms with Crippen LogP contribution in [-0.2, 0) is 38.2 Å². The van der Waals surface area contributed by atoms with Gasteiger partial charge in [-0.25, -0.2) is 0 Å². The molecule has 0 aromatic rings. The van der Waals surface area contributed by atoms with Crippen LogP contribution in [0.25, 0.3) is 0 Å². The van der Waals surface area contributed by atoms with Crippen LogP contribution in [0.4, 0.5) is 0 Å². The summed E-state index contributed by atoms with van der Waals surface area (Å²) in [5, 5.41) is -2.93. The summed E-state index contributed by atoms with van der Waals surface area (Å²) >= 11 is 0. The number of hydrogen-bond donors (Lipinski definition) is 0. The summed E-state index contributed by atoms with van der Waals surface area (Å²) in [5.74, 6) is 1.81. The average Bonchev–Trinajstić information content (AvgIpc) is 2.81. The second-order valence-corrected chi connectivity index (χ2v) is 8.19. The van der Waals surface area contributed by atoms with E-state index in [0.717, 1.165) is 7.11 Å². The standard InChI is InChI=1S/C12H16O8S2/c1-3-4-11(21(15,16)19-2)9(13)5-6-10(14)12-7-8-20-22(12,17)18/h11-12H,3-4,7-8H2,1-2H3. The van der Waals surface area contributed by atoms with Crippen LogP contribution in [0, 0.1) is 11.8 Å². The van der Waals surface area contributed by atoms with E-state index in [0.29, 0.717) is 6.42 Å². The summed E-state index contributed by atoms with van der Waals surface area (Å²) in [6, 6.07) is 0. The van der Waals surface area contributed by atoms with E-state index in [4.69, 9.17) is 0 Å². The molecule has 0 aromatic heterocycles. The van der Waals surface area contributed by atoms with Gasteiger partial charge in [0, 0.05) is 0 Å². The summed E-state index contributed by atoms with van der Waals surface area (Å²) in [7, 11) is -7.20. The predicted octanol–water partition coefficient (Wildman–Crippen LogP) is -0.608. The Labute approximate surface area is 129 Å². The van der Waals surface area contributed by atoms with Crippen molar-refractivity contribution in [2.75, 3.05) is 13.7 Å². The summed E-state index contributed by atoms with van der Waals surface area (Å²) in [6.07, 6.45) is 0.334. The molecule has 1 aliphatic heterocycles. The van der Waals surface area contributed by atoms with Gasteiger partial charge in [-0.05, 0) is 24.7 Å². The maximum absolute atomic E-state index is 11.9. The molecule has 0 amide bonds. The third-order valence-corrected chi connectivity index (χ3v) is 6.25. The zero-order valence-corrected chi connectivity index (χ0v) is 13.7. The van der Waals surface area contributed by atoms with Crippen molar-refractivity contribution < 1.29 is 34.8 Å². The molecule has 1 saturated heterocycles. The lowest BCUT2D eigenvalue weighted by Gasteiger charge is -2.10. The highest BCUT2D eigenvalue weighted by molar-refractivity contribution is 7.88. The number of rotatable bonds is 6. The summed E-state index contributed by atoms with van der Waals surface area (Å²) in [5.41, 5.74) is 0. The largest absolute Gasteiger partial charge is 0.283 e. The smallest absolute Gasteiger partial charge is 0.278 e. The maximum Gasteiger partial charge on any atom is 0.278 e. The van der Waals surface area contributed by atoms with Crippen molar-refractivity contribution in [3.8, 4) is 11.8 Å². The molecule has 124 valence electrons. The first-order valence-electron chi connectivity index (χ1n) is 6.43. The van der Waals surface area contributed by atoms with E-state index in [1.54, 1.807) is 6.92 Å². The van der Waals surface area contributed by atoms with Gasteiger partial charge in [0.05, 0.1) is 13.7 Å². The number of ketones is 2. The second-order valence-electron chi connectivity index (χ2n) is 4.51. The quantitative estimate of drug-likeness (QED) is 0.353. The van der Waals surface area contributed by atoms with Crippen LogP contribution < -0.4 is 0 Å². The maximum atomic E-state index is 11.9. The molecule has 0 saturated carbocycles. The predicted molar refractivity (Wildman–Crippen MR) is 75.7 cm³/mol. The molecular weight excluding hydrogens is 336 g/mol. The minimum absolute atomic E-state index is 0.0112. The van der Waals surface area contributed by atoms with E-state index in [2.05, 4.69) is 8.37 Å². The van der Waals surface area contributed by atoms with Gasteiger partial charge in [0.25, 0.3) is 20.2 Å². The lowest BCUT2D eigenvalue weighted by atomic mass is 10.1. The molecule has 1 fully saturated rings. The lowest BCUT2D eigenvalue weighted by molar-refractivity contribution is -0.115. The molecular formula is C12H16O8S2. The van der Waals surface area contributed by atoms with Crippen molar-refractivity contribution in [1.29, 1.82) is 0 Å². The fraction of sp³-hybridized carbons (Fsp3) is 0.667. The minimum Gasteiger partial charge on any atom is -0.283 e. The van der Waals surface area contributed by atoms with Crippen molar-refractivity contribution in [3.05, 3.63) is 0 Å². The number of Topliss-reactive ketones (excluding diaryl/α,β-unsaturated/α-hetero) is 2. The molecule has 0 bridgehead atoms. The first-order chi connectivity index (χ1) is 10.2. The van der Waals surface area contributed by atoms with Crippen molar-refractivity contribution in [2.24, 2.45) is 0 Å². The zero-order valence-electron chi connectivity index (χ0n) is 12.1. The molecule has 8 nitrogen and oxygen atoms in total. The van der Waals surface area contributed by atoms with E-state index in [1.807, 2.05) is 11.8 Å². The number of carbonyl (C=O) groups excluding carboxylic acids is 2. The molecule has 1 heterocycles. The van der Waals surface area contributed by atoms with Gasteiger partial charge in [0.1, 0.15) is 0 Å². The normalized spacial score (nSPS) is 21.6. The Kier molecular flexibility index (Phi) is 6.25. The van der Waals surface area contributed by atoms with Gasteiger partial charge in [-0.3, -0.25) is 18.0 Å². The molecule has 0 N–H and O–H groups in total. The van der Waals surface area contributed by atoms with E-state index in [1.165, 1.54) is 0 Å². The molecule has 1 rings (SSSR count). The summed E-state index contributed by atoms with van der Waals surface area (Å²) in [6.45, 7) is 1.55. The van der Waals surface area contributed by atoms with Crippen LogP contribution in [0.2, 0.25) is 0 Å². The Morgan fingerprint density at radius 1 is 1.36 bits per heavy atom. The van der Waals surface area contributed by atoms with E-state index < -0.39 is 42.3 Å². The lowest BCUT2D eigenvalue weighted by Crippen LogP contribution is -2.30. The topological polar surface area (TPSA) is 121 Å².